The van der Waals surface area contributed by atoms with Crippen LogP contribution in [-0.4, -0.2) is 23.3 Å². The lowest BCUT2D eigenvalue weighted by atomic mass is 9.86. The van der Waals surface area contributed by atoms with Gasteiger partial charge in [0.1, 0.15) is 6.10 Å². The number of hydrogen-bond acceptors (Lipinski definition) is 3. The van der Waals surface area contributed by atoms with Crippen molar-refractivity contribution < 1.29 is 14.6 Å². The van der Waals surface area contributed by atoms with Crippen LogP contribution in [0.5, 0.6) is 0 Å². The highest BCUT2D eigenvalue weighted by molar-refractivity contribution is 5.91. The van der Waals surface area contributed by atoms with Gasteiger partial charge in [0.05, 0.1) is 12.0 Å². The van der Waals surface area contributed by atoms with E-state index in [2.05, 4.69) is 12.7 Å². The van der Waals surface area contributed by atoms with Crippen LogP contribution in [0.1, 0.15) is 33.1 Å². The summed E-state index contributed by atoms with van der Waals surface area (Å²) < 4.78 is 5.32. The molecule has 1 heterocycles. The number of esters is 1. The SMILES string of the molecule is C=C1C(=O)O[C@H]2C/C(C)=C/CC/C(C)=C/[C@@H](O)[C@H]12. The number of aliphatic hydroxyl groups excluding tert-OH is 1. The number of fused-ring (bicyclic) bond motifs is 1. The second-order valence-electron chi connectivity index (χ2n) is 5.29. The van der Waals surface area contributed by atoms with Crippen LogP contribution >= 0.6 is 0 Å². The van der Waals surface area contributed by atoms with Gasteiger partial charge in [0.25, 0.3) is 0 Å². The van der Waals surface area contributed by atoms with E-state index in [0.717, 1.165) is 18.4 Å². The lowest BCUT2D eigenvalue weighted by molar-refractivity contribution is -0.139. The van der Waals surface area contributed by atoms with Gasteiger partial charge in [0.2, 0.25) is 0 Å². The minimum atomic E-state index is -0.681. The molecule has 3 atom stereocenters. The molecule has 1 saturated heterocycles. The van der Waals surface area contributed by atoms with Gasteiger partial charge in [-0.15, -0.1) is 0 Å². The molecule has 0 spiro atoms. The Balaban J connectivity index is 2.32. The Kier molecular flexibility index (Phi) is 3.71. The predicted octanol–water partition coefficient (Wildman–Crippen LogP) is 2.52. The molecule has 0 radical (unpaired) electrons. The second-order valence-corrected chi connectivity index (χ2v) is 5.29. The first kappa shape index (κ1) is 13.1. The molecule has 0 saturated carbocycles. The molecule has 1 N–H and O–H groups in total. The molecule has 1 fully saturated rings. The van der Waals surface area contributed by atoms with Crippen LogP contribution in [0.3, 0.4) is 0 Å². The quantitative estimate of drug-likeness (QED) is 0.407. The molecule has 0 bridgehead atoms. The first-order valence-corrected chi connectivity index (χ1v) is 6.40. The summed E-state index contributed by atoms with van der Waals surface area (Å²) in [4.78, 5) is 11.6. The molecule has 98 valence electrons. The van der Waals surface area contributed by atoms with Crippen LogP contribution < -0.4 is 0 Å². The summed E-state index contributed by atoms with van der Waals surface area (Å²) >= 11 is 0. The summed E-state index contributed by atoms with van der Waals surface area (Å²) in [6.07, 6.45) is 5.64. The van der Waals surface area contributed by atoms with Gasteiger partial charge in [-0.3, -0.25) is 0 Å². The molecule has 3 nitrogen and oxygen atoms in total. The highest BCUT2D eigenvalue weighted by Crippen LogP contribution is 2.34. The minimum absolute atomic E-state index is 0.279. The maximum atomic E-state index is 11.6. The Morgan fingerprint density at radius 1 is 1.39 bits per heavy atom. The molecule has 3 heteroatoms. The van der Waals surface area contributed by atoms with Crippen molar-refractivity contribution in [2.24, 2.45) is 5.92 Å². The fourth-order valence-corrected chi connectivity index (χ4v) is 2.67. The number of aliphatic hydroxyl groups is 1. The summed E-state index contributed by atoms with van der Waals surface area (Å²) in [5, 5.41) is 10.3. The number of carbonyl (C=O) groups excluding carboxylic acids is 1. The summed E-state index contributed by atoms with van der Waals surface area (Å²) in [6.45, 7) is 7.81. The number of rotatable bonds is 0. The molecule has 2 aliphatic rings. The molecular formula is C15H20O3. The van der Waals surface area contributed by atoms with Crippen molar-refractivity contribution >= 4 is 5.97 Å². The first-order valence-electron chi connectivity index (χ1n) is 6.40. The minimum Gasteiger partial charge on any atom is -0.458 e. The molecular weight excluding hydrogens is 228 g/mol. The van der Waals surface area contributed by atoms with Gasteiger partial charge in [-0.1, -0.05) is 29.9 Å². The van der Waals surface area contributed by atoms with Crippen molar-refractivity contribution in [2.75, 3.05) is 0 Å². The summed E-state index contributed by atoms with van der Waals surface area (Å²) in [5.74, 6) is -0.684. The van der Waals surface area contributed by atoms with Gasteiger partial charge < -0.3 is 9.84 Å². The Bertz CT molecular complexity index is 431. The molecule has 0 aromatic rings. The normalized spacial score (nSPS) is 39.2. The van der Waals surface area contributed by atoms with E-state index in [1.54, 1.807) is 0 Å². The molecule has 2 rings (SSSR count). The standard InChI is InChI=1S/C15H20O3/c1-9-5-4-6-10(2)8-13-14(12(16)7-9)11(3)15(17)18-13/h6-7,12-14,16H,3-5,8H2,1-2H3/b9-7+,10-6+/t12-,13+,14+/m1/s1. The molecule has 0 amide bonds. The third kappa shape index (κ3) is 2.56. The van der Waals surface area contributed by atoms with Crippen LogP contribution in [0, 0.1) is 5.92 Å². The molecule has 18 heavy (non-hydrogen) atoms. The van der Waals surface area contributed by atoms with E-state index in [0.29, 0.717) is 12.0 Å². The van der Waals surface area contributed by atoms with Crippen LogP contribution in [-0.2, 0) is 9.53 Å². The lowest BCUT2D eigenvalue weighted by Gasteiger charge is -2.22. The van der Waals surface area contributed by atoms with Gasteiger partial charge in [-0.2, -0.15) is 0 Å². The van der Waals surface area contributed by atoms with E-state index in [9.17, 15) is 9.90 Å². The van der Waals surface area contributed by atoms with E-state index < -0.39 is 6.10 Å². The fourth-order valence-electron chi connectivity index (χ4n) is 2.67. The smallest absolute Gasteiger partial charge is 0.334 e. The zero-order valence-electron chi connectivity index (χ0n) is 11.0. The van der Waals surface area contributed by atoms with Crippen molar-refractivity contribution in [3.63, 3.8) is 0 Å². The zero-order valence-corrected chi connectivity index (χ0v) is 11.0. The molecule has 1 aliphatic carbocycles. The molecule has 1 aliphatic heterocycles. The van der Waals surface area contributed by atoms with Gasteiger partial charge in [-0.25, -0.2) is 4.79 Å². The second kappa shape index (κ2) is 5.11. The van der Waals surface area contributed by atoms with Crippen molar-refractivity contribution in [1.29, 1.82) is 0 Å². The van der Waals surface area contributed by atoms with Crippen LogP contribution in [0.4, 0.5) is 0 Å². The van der Waals surface area contributed by atoms with Crippen molar-refractivity contribution in [3.8, 4) is 0 Å². The topological polar surface area (TPSA) is 46.5 Å². The number of carbonyl (C=O) groups is 1. The Morgan fingerprint density at radius 3 is 2.83 bits per heavy atom. The zero-order chi connectivity index (χ0) is 13.3. The summed E-state index contributed by atoms with van der Waals surface area (Å²) in [7, 11) is 0. The third-order valence-electron chi connectivity index (χ3n) is 3.70. The average molecular weight is 248 g/mol. The van der Waals surface area contributed by atoms with Gasteiger partial charge in [0.15, 0.2) is 0 Å². The monoisotopic (exact) mass is 248 g/mol. The molecule has 0 aromatic carbocycles. The van der Waals surface area contributed by atoms with Crippen molar-refractivity contribution in [3.05, 3.63) is 35.5 Å². The predicted molar refractivity (Wildman–Crippen MR) is 69.9 cm³/mol. The van der Waals surface area contributed by atoms with Crippen LogP contribution in [0.2, 0.25) is 0 Å². The van der Waals surface area contributed by atoms with Crippen molar-refractivity contribution in [1.82, 2.24) is 0 Å². The van der Waals surface area contributed by atoms with Gasteiger partial charge >= 0.3 is 5.97 Å². The number of allylic oxidation sites excluding steroid dienone is 2. The molecule has 0 aromatic heterocycles. The van der Waals surface area contributed by atoms with E-state index in [1.807, 2.05) is 19.9 Å². The van der Waals surface area contributed by atoms with E-state index in [1.165, 1.54) is 5.57 Å². The fraction of sp³-hybridized carbons (Fsp3) is 0.533. The van der Waals surface area contributed by atoms with Gasteiger partial charge in [0, 0.05) is 12.0 Å². The highest BCUT2D eigenvalue weighted by Gasteiger charge is 2.42. The van der Waals surface area contributed by atoms with Gasteiger partial charge in [-0.05, 0) is 26.7 Å². The Morgan fingerprint density at radius 2 is 2.11 bits per heavy atom. The third-order valence-corrected chi connectivity index (χ3v) is 3.70. The maximum Gasteiger partial charge on any atom is 0.334 e. The van der Waals surface area contributed by atoms with E-state index in [-0.39, 0.29) is 18.0 Å². The Labute approximate surface area is 108 Å². The highest BCUT2D eigenvalue weighted by atomic mass is 16.6. The first-order chi connectivity index (χ1) is 8.49. The van der Waals surface area contributed by atoms with E-state index >= 15 is 0 Å². The molecule has 0 unspecified atom stereocenters. The van der Waals surface area contributed by atoms with E-state index in [4.69, 9.17) is 4.74 Å². The maximum absolute atomic E-state index is 11.6. The van der Waals surface area contributed by atoms with Crippen LogP contribution in [0.15, 0.2) is 35.5 Å². The van der Waals surface area contributed by atoms with Crippen LogP contribution in [0.25, 0.3) is 0 Å². The number of ether oxygens (including phenoxy) is 1. The summed E-state index contributed by atoms with van der Waals surface area (Å²) in [5.41, 5.74) is 2.73. The largest absolute Gasteiger partial charge is 0.458 e. The lowest BCUT2D eigenvalue weighted by Crippen LogP contribution is -2.28. The average Bonchev–Trinajstić information content (AvgIpc) is 2.53. The Hall–Kier alpha value is -1.35. The summed E-state index contributed by atoms with van der Waals surface area (Å²) in [6, 6.07) is 0. The number of hydrogen-bond donors (Lipinski definition) is 1. The van der Waals surface area contributed by atoms with Crippen molar-refractivity contribution in [2.45, 2.75) is 45.3 Å².